The van der Waals surface area contributed by atoms with E-state index in [2.05, 4.69) is 24.1 Å². The van der Waals surface area contributed by atoms with Crippen molar-refractivity contribution in [3.05, 3.63) is 24.0 Å². The predicted molar refractivity (Wildman–Crippen MR) is 66.4 cm³/mol. The van der Waals surface area contributed by atoms with Gasteiger partial charge in [-0.25, -0.2) is 0 Å². The SMILES string of the molecule is CC(C)CCCCCNC(=O)c1cc[nH]c1. The first-order valence-corrected chi connectivity index (χ1v) is 6.11. The van der Waals surface area contributed by atoms with E-state index in [1.807, 2.05) is 0 Å². The fourth-order valence-corrected chi connectivity index (χ4v) is 1.62. The molecule has 2 N–H and O–H groups in total. The van der Waals surface area contributed by atoms with E-state index >= 15 is 0 Å². The maximum atomic E-state index is 11.5. The summed E-state index contributed by atoms with van der Waals surface area (Å²) < 4.78 is 0. The van der Waals surface area contributed by atoms with E-state index < -0.39 is 0 Å². The smallest absolute Gasteiger partial charge is 0.252 e. The molecule has 16 heavy (non-hydrogen) atoms. The van der Waals surface area contributed by atoms with Gasteiger partial charge in [0.2, 0.25) is 0 Å². The van der Waals surface area contributed by atoms with Crippen LogP contribution in [-0.2, 0) is 0 Å². The number of H-pyrrole nitrogens is 1. The quantitative estimate of drug-likeness (QED) is 0.684. The summed E-state index contributed by atoms with van der Waals surface area (Å²) in [6, 6.07) is 1.79. The number of unbranched alkanes of at least 4 members (excludes halogenated alkanes) is 2. The minimum atomic E-state index is 0.0186. The molecule has 0 aliphatic heterocycles. The fraction of sp³-hybridized carbons (Fsp3) is 0.615. The van der Waals surface area contributed by atoms with Crippen LogP contribution in [0.2, 0.25) is 0 Å². The van der Waals surface area contributed by atoms with Crippen LogP contribution in [0.1, 0.15) is 49.9 Å². The molecule has 0 saturated carbocycles. The highest BCUT2D eigenvalue weighted by Gasteiger charge is 2.03. The van der Waals surface area contributed by atoms with Crippen LogP contribution in [0, 0.1) is 5.92 Å². The van der Waals surface area contributed by atoms with Crippen molar-refractivity contribution in [1.29, 1.82) is 0 Å². The molecular weight excluding hydrogens is 200 g/mol. The van der Waals surface area contributed by atoms with Crippen LogP contribution < -0.4 is 5.32 Å². The van der Waals surface area contributed by atoms with E-state index in [1.54, 1.807) is 18.5 Å². The molecule has 0 fully saturated rings. The van der Waals surface area contributed by atoms with Gasteiger partial charge in [-0.05, 0) is 18.4 Å². The van der Waals surface area contributed by atoms with Crippen molar-refractivity contribution >= 4 is 5.91 Å². The maximum absolute atomic E-state index is 11.5. The summed E-state index contributed by atoms with van der Waals surface area (Å²) in [7, 11) is 0. The third kappa shape index (κ3) is 5.01. The van der Waals surface area contributed by atoms with Crippen molar-refractivity contribution in [2.45, 2.75) is 39.5 Å². The van der Waals surface area contributed by atoms with Gasteiger partial charge in [-0.1, -0.05) is 33.1 Å². The molecule has 0 saturated heterocycles. The summed E-state index contributed by atoms with van der Waals surface area (Å²) >= 11 is 0. The Morgan fingerprint density at radius 3 is 2.81 bits per heavy atom. The van der Waals surface area contributed by atoms with Gasteiger partial charge in [-0.15, -0.1) is 0 Å². The molecular formula is C13H22N2O. The minimum absolute atomic E-state index is 0.0186. The van der Waals surface area contributed by atoms with Crippen molar-refractivity contribution in [3.8, 4) is 0 Å². The Hall–Kier alpha value is -1.25. The zero-order valence-electron chi connectivity index (χ0n) is 10.3. The molecule has 3 nitrogen and oxygen atoms in total. The van der Waals surface area contributed by atoms with E-state index in [-0.39, 0.29) is 5.91 Å². The molecule has 1 aromatic rings. The van der Waals surface area contributed by atoms with E-state index in [4.69, 9.17) is 0 Å². The Labute approximate surface area is 97.6 Å². The molecule has 0 atom stereocenters. The molecule has 1 rings (SSSR count). The van der Waals surface area contributed by atoms with E-state index in [9.17, 15) is 4.79 Å². The number of hydrogen-bond acceptors (Lipinski definition) is 1. The molecule has 1 amide bonds. The number of carbonyl (C=O) groups is 1. The first kappa shape index (κ1) is 12.8. The molecule has 0 aromatic carbocycles. The maximum Gasteiger partial charge on any atom is 0.252 e. The van der Waals surface area contributed by atoms with E-state index in [1.165, 1.54) is 19.3 Å². The highest BCUT2D eigenvalue weighted by atomic mass is 16.1. The summed E-state index contributed by atoms with van der Waals surface area (Å²) in [5.74, 6) is 0.805. The van der Waals surface area contributed by atoms with Crippen molar-refractivity contribution in [2.24, 2.45) is 5.92 Å². The van der Waals surface area contributed by atoms with Crippen molar-refractivity contribution in [2.75, 3.05) is 6.54 Å². The lowest BCUT2D eigenvalue weighted by atomic mass is 10.1. The van der Waals surface area contributed by atoms with Gasteiger partial charge in [0, 0.05) is 18.9 Å². The summed E-state index contributed by atoms with van der Waals surface area (Å²) in [6.45, 7) is 5.27. The topological polar surface area (TPSA) is 44.9 Å². The zero-order chi connectivity index (χ0) is 11.8. The van der Waals surface area contributed by atoms with Gasteiger partial charge in [-0.2, -0.15) is 0 Å². The summed E-state index contributed by atoms with van der Waals surface area (Å²) in [5.41, 5.74) is 0.710. The van der Waals surface area contributed by atoms with Crippen LogP contribution in [0.15, 0.2) is 18.5 Å². The molecule has 0 radical (unpaired) electrons. The lowest BCUT2D eigenvalue weighted by Crippen LogP contribution is -2.23. The van der Waals surface area contributed by atoms with E-state index in [0.29, 0.717) is 5.56 Å². The summed E-state index contributed by atoms with van der Waals surface area (Å²) in [4.78, 5) is 14.4. The first-order valence-electron chi connectivity index (χ1n) is 6.11. The van der Waals surface area contributed by atoms with Gasteiger partial charge >= 0.3 is 0 Å². The van der Waals surface area contributed by atoms with Crippen LogP contribution in [0.25, 0.3) is 0 Å². The number of carbonyl (C=O) groups excluding carboxylic acids is 1. The van der Waals surface area contributed by atoms with Crippen molar-refractivity contribution < 1.29 is 4.79 Å². The molecule has 0 bridgehead atoms. The van der Waals surface area contributed by atoms with Crippen LogP contribution in [-0.4, -0.2) is 17.4 Å². The molecule has 1 aromatic heterocycles. The molecule has 3 heteroatoms. The highest BCUT2D eigenvalue weighted by Crippen LogP contribution is 2.07. The van der Waals surface area contributed by atoms with Crippen molar-refractivity contribution in [1.82, 2.24) is 10.3 Å². The van der Waals surface area contributed by atoms with Gasteiger partial charge in [0.25, 0.3) is 5.91 Å². The molecule has 1 heterocycles. The lowest BCUT2D eigenvalue weighted by Gasteiger charge is -2.05. The zero-order valence-corrected chi connectivity index (χ0v) is 10.3. The fourth-order valence-electron chi connectivity index (χ4n) is 1.62. The average Bonchev–Trinajstić information content (AvgIpc) is 2.75. The molecule has 0 aliphatic carbocycles. The summed E-state index contributed by atoms with van der Waals surface area (Å²) in [6.07, 6.45) is 8.30. The number of rotatable bonds is 7. The Kier molecular flexibility index (Phi) is 5.68. The Balaban J connectivity index is 2.01. The second kappa shape index (κ2) is 7.09. The summed E-state index contributed by atoms with van der Waals surface area (Å²) in [5, 5.41) is 2.91. The normalized spacial score (nSPS) is 10.7. The molecule has 0 spiro atoms. The van der Waals surface area contributed by atoms with Gasteiger partial charge in [0.05, 0.1) is 5.56 Å². The number of nitrogens with one attached hydrogen (secondary N) is 2. The van der Waals surface area contributed by atoms with Crippen LogP contribution in [0.3, 0.4) is 0 Å². The highest BCUT2D eigenvalue weighted by molar-refractivity contribution is 5.93. The third-order valence-corrected chi connectivity index (χ3v) is 2.60. The lowest BCUT2D eigenvalue weighted by molar-refractivity contribution is 0.0953. The first-order chi connectivity index (χ1) is 7.70. The second-order valence-electron chi connectivity index (χ2n) is 4.60. The largest absolute Gasteiger partial charge is 0.367 e. The number of hydrogen-bond donors (Lipinski definition) is 2. The minimum Gasteiger partial charge on any atom is -0.367 e. The Morgan fingerprint density at radius 1 is 1.38 bits per heavy atom. The Bertz CT molecular complexity index is 291. The monoisotopic (exact) mass is 222 g/mol. The molecule has 0 aliphatic rings. The van der Waals surface area contributed by atoms with Crippen molar-refractivity contribution in [3.63, 3.8) is 0 Å². The number of amides is 1. The van der Waals surface area contributed by atoms with Gasteiger partial charge in [-0.3, -0.25) is 4.79 Å². The standard InChI is InChI=1S/C13H22N2O/c1-11(2)6-4-3-5-8-15-13(16)12-7-9-14-10-12/h7,9-11,14H,3-6,8H2,1-2H3,(H,15,16). The number of aromatic nitrogens is 1. The van der Waals surface area contributed by atoms with Crippen LogP contribution in [0.4, 0.5) is 0 Å². The van der Waals surface area contributed by atoms with Gasteiger partial charge in [0.15, 0.2) is 0 Å². The second-order valence-corrected chi connectivity index (χ2v) is 4.60. The average molecular weight is 222 g/mol. The van der Waals surface area contributed by atoms with Gasteiger partial charge in [0.1, 0.15) is 0 Å². The van der Waals surface area contributed by atoms with Gasteiger partial charge < -0.3 is 10.3 Å². The van der Waals surface area contributed by atoms with Crippen LogP contribution in [0.5, 0.6) is 0 Å². The molecule has 0 unspecified atom stereocenters. The molecule has 90 valence electrons. The third-order valence-electron chi connectivity index (χ3n) is 2.60. The van der Waals surface area contributed by atoms with E-state index in [0.717, 1.165) is 18.9 Å². The predicted octanol–water partition coefficient (Wildman–Crippen LogP) is 2.96. The Morgan fingerprint density at radius 2 is 2.19 bits per heavy atom. The number of aromatic amines is 1. The van der Waals surface area contributed by atoms with Crippen LogP contribution >= 0.6 is 0 Å².